The summed E-state index contributed by atoms with van der Waals surface area (Å²) in [6.07, 6.45) is 5.53. The van der Waals surface area contributed by atoms with E-state index in [4.69, 9.17) is 30.8 Å². The second-order valence-electron chi connectivity index (χ2n) is 16.1. The first kappa shape index (κ1) is 35.2. The number of carbonyl (C=O) groups excluding carboxylic acids is 1. The zero-order chi connectivity index (χ0) is 37.3. The van der Waals surface area contributed by atoms with E-state index in [1.807, 2.05) is 34.1 Å². The van der Waals surface area contributed by atoms with Gasteiger partial charge in [-0.1, -0.05) is 47.9 Å². The number of amides is 1. The number of alkyl halides is 1. The van der Waals surface area contributed by atoms with E-state index in [1.165, 1.54) is 0 Å². The van der Waals surface area contributed by atoms with Crippen LogP contribution in [0.1, 0.15) is 32.1 Å². The monoisotopic (exact) mass is 769 g/mol. The molecular weight excluding hydrogens is 728 g/mol. The van der Waals surface area contributed by atoms with Gasteiger partial charge in [0, 0.05) is 67.9 Å². The maximum Gasteiger partial charge on any atom is 0.319 e. The van der Waals surface area contributed by atoms with Crippen LogP contribution >= 0.6 is 11.6 Å². The molecule has 2 bridgehead atoms. The Hall–Kier alpha value is -4.19. The number of benzene rings is 2. The van der Waals surface area contributed by atoms with Gasteiger partial charge in [0.15, 0.2) is 5.82 Å². The summed E-state index contributed by atoms with van der Waals surface area (Å²) in [5.74, 6) is 5.64. The van der Waals surface area contributed by atoms with Gasteiger partial charge >= 0.3 is 6.01 Å². The van der Waals surface area contributed by atoms with Crippen molar-refractivity contribution in [3.8, 4) is 29.1 Å². The van der Waals surface area contributed by atoms with Gasteiger partial charge < -0.3 is 24.0 Å². The third kappa shape index (κ3) is 6.17. The third-order valence-corrected chi connectivity index (χ3v) is 12.9. The molecule has 6 aliphatic heterocycles. The molecule has 55 heavy (non-hydrogen) atoms. The molecule has 10 rings (SSSR count). The van der Waals surface area contributed by atoms with Crippen molar-refractivity contribution >= 4 is 45.0 Å². The van der Waals surface area contributed by atoms with Crippen LogP contribution in [0.5, 0.6) is 6.01 Å². The SMILES string of the molecule is O=C(C#CCN1CC2CCC(C1)O2)N1CCN(c2nc(OC[C@@]34CCCN3C[C@H](F)C4)nc3c(F)c(-c4cccc5cccc(Cl)c45)ncc23)CC12COC2. The van der Waals surface area contributed by atoms with E-state index >= 15 is 4.39 Å². The Balaban J connectivity index is 0.977. The molecule has 6 aliphatic rings. The molecule has 8 heterocycles. The molecule has 0 saturated carbocycles. The number of hydrogen-bond donors (Lipinski definition) is 0. The number of hydrogen-bond acceptors (Lipinski definition) is 10. The Labute approximate surface area is 322 Å². The summed E-state index contributed by atoms with van der Waals surface area (Å²) >= 11 is 6.66. The van der Waals surface area contributed by atoms with Crippen molar-refractivity contribution in [1.82, 2.24) is 29.7 Å². The second-order valence-corrected chi connectivity index (χ2v) is 16.5. The van der Waals surface area contributed by atoms with Crippen LogP contribution in [0, 0.1) is 17.7 Å². The normalized spacial score (nSPS) is 27.4. The minimum atomic E-state index is -0.922. The number of halogens is 3. The van der Waals surface area contributed by atoms with Crippen molar-refractivity contribution < 1.29 is 27.8 Å². The molecule has 14 heteroatoms. The van der Waals surface area contributed by atoms with Gasteiger partial charge in [0.2, 0.25) is 0 Å². The molecule has 2 aromatic carbocycles. The molecule has 4 aromatic rings. The molecule has 0 aliphatic carbocycles. The molecule has 286 valence electrons. The molecule has 2 aromatic heterocycles. The number of pyridine rings is 1. The van der Waals surface area contributed by atoms with Gasteiger partial charge in [0.05, 0.1) is 42.9 Å². The van der Waals surface area contributed by atoms with Gasteiger partial charge in [0.1, 0.15) is 35.3 Å². The number of nitrogens with zero attached hydrogens (tertiary/aromatic N) is 7. The molecule has 1 spiro atoms. The average Bonchev–Trinajstić information content (AvgIpc) is 3.83. The highest BCUT2D eigenvalue weighted by Crippen LogP contribution is 2.42. The van der Waals surface area contributed by atoms with E-state index < -0.39 is 23.1 Å². The number of carbonyl (C=O) groups is 1. The number of rotatable bonds is 6. The Morgan fingerprint density at radius 1 is 1.05 bits per heavy atom. The highest BCUT2D eigenvalue weighted by Gasteiger charge is 2.51. The van der Waals surface area contributed by atoms with E-state index in [0.29, 0.717) is 79.5 Å². The first-order valence-electron chi connectivity index (χ1n) is 19.3. The zero-order valence-electron chi connectivity index (χ0n) is 30.5. The van der Waals surface area contributed by atoms with Crippen LogP contribution in [-0.4, -0.2) is 137 Å². The fourth-order valence-corrected chi connectivity index (χ4v) is 10.1. The Morgan fingerprint density at radius 2 is 1.87 bits per heavy atom. The fraction of sp³-hybridized carbons (Fsp3) is 0.512. The van der Waals surface area contributed by atoms with Crippen molar-refractivity contribution in [2.75, 3.05) is 77.1 Å². The second kappa shape index (κ2) is 13.8. The van der Waals surface area contributed by atoms with E-state index in [0.717, 1.165) is 50.7 Å². The van der Waals surface area contributed by atoms with Gasteiger partial charge in [-0.15, -0.1) is 0 Å². The van der Waals surface area contributed by atoms with Gasteiger partial charge in [-0.2, -0.15) is 9.97 Å². The number of morpholine rings is 1. The summed E-state index contributed by atoms with van der Waals surface area (Å²) in [6.45, 7) is 5.48. The van der Waals surface area contributed by atoms with Gasteiger partial charge in [-0.3, -0.25) is 19.6 Å². The van der Waals surface area contributed by atoms with Gasteiger partial charge in [-0.25, -0.2) is 8.78 Å². The van der Waals surface area contributed by atoms with Crippen molar-refractivity contribution in [2.45, 2.75) is 61.6 Å². The molecule has 6 saturated heterocycles. The summed E-state index contributed by atoms with van der Waals surface area (Å²) in [5.41, 5.74) is -0.354. The Bertz CT molecular complexity index is 2230. The number of likely N-dealkylation sites (tertiary alicyclic amines) is 1. The van der Waals surface area contributed by atoms with E-state index in [2.05, 4.69) is 31.6 Å². The zero-order valence-corrected chi connectivity index (χ0v) is 31.2. The van der Waals surface area contributed by atoms with Crippen LogP contribution in [0.3, 0.4) is 0 Å². The van der Waals surface area contributed by atoms with Crippen molar-refractivity contribution in [1.29, 1.82) is 0 Å². The third-order valence-electron chi connectivity index (χ3n) is 12.5. The molecule has 4 atom stereocenters. The predicted molar refractivity (Wildman–Crippen MR) is 203 cm³/mol. The van der Waals surface area contributed by atoms with E-state index in [9.17, 15) is 9.18 Å². The molecule has 1 amide bonds. The van der Waals surface area contributed by atoms with Gasteiger partial charge in [0.25, 0.3) is 5.91 Å². The summed E-state index contributed by atoms with van der Waals surface area (Å²) in [5, 5.41) is 2.46. The van der Waals surface area contributed by atoms with Crippen molar-refractivity contribution in [3.63, 3.8) is 0 Å². The molecule has 2 unspecified atom stereocenters. The van der Waals surface area contributed by atoms with E-state index in [-0.39, 0.29) is 41.9 Å². The lowest BCUT2D eigenvalue weighted by molar-refractivity contribution is -0.164. The Kier molecular flexibility index (Phi) is 8.83. The molecule has 6 fully saturated rings. The van der Waals surface area contributed by atoms with Crippen LogP contribution in [0.4, 0.5) is 14.6 Å². The summed E-state index contributed by atoms with van der Waals surface area (Å²) in [7, 11) is 0. The Morgan fingerprint density at radius 3 is 2.67 bits per heavy atom. The molecule has 0 radical (unpaired) electrons. The smallest absolute Gasteiger partial charge is 0.319 e. The number of piperazine rings is 1. The summed E-state index contributed by atoms with van der Waals surface area (Å²) in [6, 6.07) is 11.2. The minimum absolute atomic E-state index is 0.0119. The molecule has 0 N–H and O–H groups in total. The van der Waals surface area contributed by atoms with Crippen LogP contribution in [0.25, 0.3) is 32.9 Å². The predicted octanol–water partition coefficient (Wildman–Crippen LogP) is 4.88. The van der Waals surface area contributed by atoms with Crippen LogP contribution in [0.2, 0.25) is 5.02 Å². The van der Waals surface area contributed by atoms with Crippen LogP contribution < -0.4 is 9.64 Å². The number of aromatic nitrogens is 3. The first-order chi connectivity index (χ1) is 26.8. The molecule has 11 nitrogen and oxygen atoms in total. The highest BCUT2D eigenvalue weighted by molar-refractivity contribution is 6.36. The largest absolute Gasteiger partial charge is 0.461 e. The highest BCUT2D eigenvalue weighted by atomic mass is 35.5. The van der Waals surface area contributed by atoms with Crippen LogP contribution in [0.15, 0.2) is 42.6 Å². The number of ether oxygens (including phenoxy) is 3. The van der Waals surface area contributed by atoms with Crippen molar-refractivity contribution in [3.05, 3.63) is 53.4 Å². The lowest BCUT2D eigenvalue weighted by Gasteiger charge is -2.54. The quantitative estimate of drug-likeness (QED) is 0.253. The fourth-order valence-electron chi connectivity index (χ4n) is 9.84. The standard InChI is InChI=1S/C41H42ClF2N7O4/c42-32-8-2-6-26-5-1-7-30(34(26)32)36-35(44)37-31(18-45-36)38(47-39(46-37)54-25-40-12-4-14-50(40)19-27(43)17-40)49-15-16-51(41(22-49)23-53-24-41)33(52)9-3-13-48-20-28-10-11-29(21-48)55-28/h1-2,5-8,18,27-29H,4,10-17,19-25H2/t27-,28?,29?,40+/m1/s1. The average molecular weight is 770 g/mol. The van der Waals surface area contributed by atoms with Crippen molar-refractivity contribution in [2.24, 2.45) is 0 Å². The first-order valence-corrected chi connectivity index (χ1v) is 19.7. The van der Waals surface area contributed by atoms with Crippen LogP contribution in [-0.2, 0) is 14.3 Å². The number of anilines is 1. The maximum atomic E-state index is 17.0. The molecular formula is C41H42ClF2N7O4. The maximum absolute atomic E-state index is 17.0. The summed E-state index contributed by atoms with van der Waals surface area (Å²) in [4.78, 5) is 36.2. The topological polar surface area (TPSA) is 96.4 Å². The minimum Gasteiger partial charge on any atom is -0.461 e. The lowest BCUT2D eigenvalue weighted by atomic mass is 9.91. The summed E-state index contributed by atoms with van der Waals surface area (Å²) < 4.78 is 49.7. The van der Waals surface area contributed by atoms with Gasteiger partial charge in [-0.05, 0) is 49.6 Å². The van der Waals surface area contributed by atoms with E-state index in [1.54, 1.807) is 18.3 Å². The lowest BCUT2D eigenvalue weighted by Crippen LogP contribution is -2.72. The number of fused-ring (bicyclic) bond motifs is 5.